The quantitative estimate of drug-likeness (QED) is 0.428. The van der Waals surface area contributed by atoms with Crippen LogP contribution in [0.5, 0.6) is 0 Å². The number of ether oxygens (including phenoxy) is 1. The van der Waals surface area contributed by atoms with Gasteiger partial charge in [0, 0.05) is 47.7 Å². The summed E-state index contributed by atoms with van der Waals surface area (Å²) >= 11 is 0. The van der Waals surface area contributed by atoms with Crippen molar-refractivity contribution in [1.29, 1.82) is 0 Å². The lowest BCUT2D eigenvalue weighted by Gasteiger charge is -2.26. The topological polar surface area (TPSA) is 85.6 Å². The summed E-state index contributed by atoms with van der Waals surface area (Å²) in [4.78, 5) is 5.98. The van der Waals surface area contributed by atoms with E-state index in [1.165, 1.54) is 10.9 Å². The second-order valence-electron chi connectivity index (χ2n) is 7.81. The Bertz CT molecular complexity index is 1310. The highest BCUT2D eigenvalue weighted by Gasteiger charge is 2.14. The molecule has 1 saturated heterocycles. The van der Waals surface area contributed by atoms with E-state index >= 15 is 0 Å². The fraction of sp³-hybridized carbons (Fsp3) is 0.217. The lowest BCUT2D eigenvalue weighted by atomic mass is 10.1. The lowest BCUT2D eigenvalue weighted by Crippen LogP contribution is -2.35. The van der Waals surface area contributed by atoms with Crippen LogP contribution >= 0.6 is 0 Å². The van der Waals surface area contributed by atoms with Gasteiger partial charge in [-0.25, -0.2) is 0 Å². The highest BCUT2D eigenvalue weighted by molar-refractivity contribution is 5.97. The summed E-state index contributed by atoms with van der Waals surface area (Å²) in [6.07, 6.45) is 3.74. The molecule has 2 aromatic carbocycles. The molecule has 0 unspecified atom stereocenters. The van der Waals surface area contributed by atoms with Gasteiger partial charge in [-0.05, 0) is 41.5 Å². The number of nitrogens with one attached hydrogen (secondary N) is 3. The predicted molar refractivity (Wildman–Crippen MR) is 117 cm³/mol. The largest absolute Gasteiger partial charge is 0.379 e. The van der Waals surface area contributed by atoms with E-state index in [-0.39, 0.29) is 0 Å². The third-order valence-electron chi connectivity index (χ3n) is 5.84. The number of rotatable bonds is 4. The molecule has 0 amide bonds. The maximum atomic E-state index is 5.46. The molecular formula is C23H22N6O. The number of aromatic nitrogens is 5. The average Bonchev–Trinajstić information content (AvgIpc) is 3.52. The van der Waals surface area contributed by atoms with Gasteiger partial charge in [-0.3, -0.25) is 15.1 Å². The Labute approximate surface area is 173 Å². The van der Waals surface area contributed by atoms with Gasteiger partial charge in [-0.1, -0.05) is 12.1 Å². The Balaban J connectivity index is 1.36. The summed E-state index contributed by atoms with van der Waals surface area (Å²) in [5.74, 6) is 0. The third-order valence-corrected chi connectivity index (χ3v) is 5.84. The molecule has 30 heavy (non-hydrogen) atoms. The Morgan fingerprint density at radius 3 is 2.73 bits per heavy atom. The number of hydrogen-bond acceptors (Lipinski definition) is 4. The number of fused-ring (bicyclic) bond motifs is 2. The molecule has 3 N–H and O–H groups in total. The molecule has 7 nitrogen and oxygen atoms in total. The first-order chi connectivity index (χ1) is 14.8. The molecule has 4 heterocycles. The second-order valence-corrected chi connectivity index (χ2v) is 7.81. The van der Waals surface area contributed by atoms with Crippen molar-refractivity contribution >= 4 is 21.8 Å². The highest BCUT2D eigenvalue weighted by Crippen LogP contribution is 2.32. The van der Waals surface area contributed by atoms with Crippen molar-refractivity contribution in [3.63, 3.8) is 0 Å². The molecule has 150 valence electrons. The Kier molecular flexibility index (Phi) is 4.14. The Morgan fingerprint density at radius 1 is 0.967 bits per heavy atom. The fourth-order valence-electron chi connectivity index (χ4n) is 4.23. The SMILES string of the molecule is c1cc2[nH]c(-c3n[nH]c4ccc(-c5cn[nH]c5)cc34)cc2cc1CN1CCOCC1. The van der Waals surface area contributed by atoms with Crippen molar-refractivity contribution in [2.75, 3.05) is 26.3 Å². The summed E-state index contributed by atoms with van der Waals surface area (Å²) in [6.45, 7) is 4.59. The molecule has 7 heteroatoms. The first-order valence-electron chi connectivity index (χ1n) is 10.2. The fourth-order valence-corrected chi connectivity index (χ4v) is 4.23. The summed E-state index contributed by atoms with van der Waals surface area (Å²) in [6, 6.07) is 15.1. The van der Waals surface area contributed by atoms with E-state index in [2.05, 4.69) is 72.7 Å². The number of morpholine rings is 1. The number of hydrogen-bond donors (Lipinski definition) is 3. The predicted octanol–water partition coefficient (Wildman–Crippen LogP) is 3.93. The van der Waals surface area contributed by atoms with Crippen LogP contribution in [0.15, 0.2) is 54.9 Å². The molecule has 1 aliphatic heterocycles. The van der Waals surface area contributed by atoms with Crippen LogP contribution < -0.4 is 0 Å². The number of aromatic amines is 3. The molecule has 0 aliphatic carbocycles. The zero-order valence-corrected chi connectivity index (χ0v) is 16.5. The molecule has 5 aromatic rings. The molecule has 1 aliphatic rings. The van der Waals surface area contributed by atoms with E-state index in [1.807, 2.05) is 12.4 Å². The molecule has 0 radical (unpaired) electrons. The van der Waals surface area contributed by atoms with E-state index in [0.29, 0.717) is 0 Å². The summed E-state index contributed by atoms with van der Waals surface area (Å²) in [5, 5.41) is 17.0. The van der Waals surface area contributed by atoms with Crippen LogP contribution in [0.2, 0.25) is 0 Å². The third kappa shape index (κ3) is 3.08. The minimum atomic E-state index is 0.823. The number of H-pyrrole nitrogens is 3. The van der Waals surface area contributed by atoms with Crippen molar-refractivity contribution in [1.82, 2.24) is 30.3 Å². The van der Waals surface area contributed by atoms with Crippen molar-refractivity contribution < 1.29 is 4.74 Å². The van der Waals surface area contributed by atoms with Gasteiger partial charge in [0.2, 0.25) is 0 Å². The standard InChI is InChI=1S/C23H22N6O/c1-3-20-17(9-15(1)14-29-5-7-30-8-6-29)11-22(26-20)23-19-10-16(18-12-24-25-13-18)2-4-21(19)27-28-23/h1-4,9-13,26H,5-8,14H2,(H,24,25)(H,27,28). The summed E-state index contributed by atoms with van der Waals surface area (Å²) in [7, 11) is 0. The van der Waals surface area contributed by atoms with Crippen molar-refractivity contribution in [2.45, 2.75) is 6.54 Å². The van der Waals surface area contributed by atoms with Gasteiger partial charge < -0.3 is 9.72 Å². The van der Waals surface area contributed by atoms with Crippen LogP contribution in [0.1, 0.15) is 5.56 Å². The van der Waals surface area contributed by atoms with E-state index in [1.54, 1.807) is 0 Å². The van der Waals surface area contributed by atoms with Crippen LogP contribution in [-0.4, -0.2) is 56.6 Å². The first kappa shape index (κ1) is 17.4. The maximum absolute atomic E-state index is 5.46. The van der Waals surface area contributed by atoms with Gasteiger partial charge in [0.25, 0.3) is 0 Å². The highest BCUT2D eigenvalue weighted by atomic mass is 16.5. The van der Waals surface area contributed by atoms with Crippen molar-refractivity contribution in [2.24, 2.45) is 0 Å². The van der Waals surface area contributed by atoms with Crippen LogP contribution in [0, 0.1) is 0 Å². The minimum Gasteiger partial charge on any atom is -0.379 e. The van der Waals surface area contributed by atoms with Crippen molar-refractivity contribution in [3.8, 4) is 22.5 Å². The van der Waals surface area contributed by atoms with Gasteiger partial charge in [0.15, 0.2) is 0 Å². The van der Waals surface area contributed by atoms with Crippen LogP contribution in [0.4, 0.5) is 0 Å². The molecule has 6 rings (SSSR count). The van der Waals surface area contributed by atoms with E-state index < -0.39 is 0 Å². The van der Waals surface area contributed by atoms with Gasteiger partial charge in [0.1, 0.15) is 5.69 Å². The molecule has 0 atom stereocenters. The van der Waals surface area contributed by atoms with Gasteiger partial charge in [0.05, 0.1) is 30.6 Å². The maximum Gasteiger partial charge on any atom is 0.116 e. The number of nitrogens with zero attached hydrogens (tertiary/aromatic N) is 3. The molecular weight excluding hydrogens is 376 g/mol. The molecule has 3 aromatic heterocycles. The average molecular weight is 398 g/mol. The zero-order chi connectivity index (χ0) is 19.9. The van der Waals surface area contributed by atoms with Crippen molar-refractivity contribution in [3.05, 3.63) is 60.4 Å². The smallest absolute Gasteiger partial charge is 0.116 e. The molecule has 1 fully saturated rings. The van der Waals surface area contributed by atoms with E-state index in [0.717, 1.165) is 71.8 Å². The van der Waals surface area contributed by atoms with Gasteiger partial charge >= 0.3 is 0 Å². The van der Waals surface area contributed by atoms with Crippen LogP contribution in [0.3, 0.4) is 0 Å². The van der Waals surface area contributed by atoms with Crippen LogP contribution in [-0.2, 0) is 11.3 Å². The minimum absolute atomic E-state index is 0.823. The van der Waals surface area contributed by atoms with Gasteiger partial charge in [-0.15, -0.1) is 0 Å². The normalized spacial score (nSPS) is 15.3. The van der Waals surface area contributed by atoms with Crippen LogP contribution in [0.25, 0.3) is 44.3 Å². The summed E-state index contributed by atoms with van der Waals surface area (Å²) < 4.78 is 5.46. The molecule has 0 bridgehead atoms. The van der Waals surface area contributed by atoms with E-state index in [9.17, 15) is 0 Å². The Hall–Kier alpha value is -3.42. The molecule has 0 spiro atoms. The first-order valence-corrected chi connectivity index (χ1v) is 10.2. The monoisotopic (exact) mass is 398 g/mol. The van der Waals surface area contributed by atoms with E-state index in [4.69, 9.17) is 4.74 Å². The summed E-state index contributed by atoms with van der Waals surface area (Å²) in [5.41, 5.74) is 7.59. The second kappa shape index (κ2) is 7.12. The number of benzene rings is 2. The Morgan fingerprint density at radius 2 is 1.87 bits per heavy atom. The van der Waals surface area contributed by atoms with Gasteiger partial charge in [-0.2, -0.15) is 10.2 Å². The lowest BCUT2D eigenvalue weighted by molar-refractivity contribution is 0.0342. The zero-order valence-electron chi connectivity index (χ0n) is 16.5. The molecule has 0 saturated carbocycles.